The lowest BCUT2D eigenvalue weighted by molar-refractivity contribution is -0.123. The van der Waals surface area contributed by atoms with E-state index in [9.17, 15) is 9.18 Å². The van der Waals surface area contributed by atoms with Gasteiger partial charge in [0.15, 0.2) is 6.61 Å². The van der Waals surface area contributed by atoms with Gasteiger partial charge < -0.3 is 4.74 Å². The largest absolute Gasteiger partial charge is 0.483 e. The van der Waals surface area contributed by atoms with Crippen LogP contribution in [-0.2, 0) is 4.79 Å². The van der Waals surface area contributed by atoms with Gasteiger partial charge in [-0.15, -0.1) is 0 Å². The van der Waals surface area contributed by atoms with Gasteiger partial charge in [0.1, 0.15) is 11.6 Å². The number of nitrogens with zero attached hydrogens (tertiary/aromatic N) is 1. The van der Waals surface area contributed by atoms with E-state index in [1.165, 1.54) is 12.1 Å². The second kappa shape index (κ2) is 7.54. The van der Waals surface area contributed by atoms with E-state index in [1.54, 1.807) is 19.1 Å². The summed E-state index contributed by atoms with van der Waals surface area (Å²) >= 11 is 0. The van der Waals surface area contributed by atoms with E-state index in [2.05, 4.69) is 10.5 Å². The summed E-state index contributed by atoms with van der Waals surface area (Å²) in [7, 11) is 0. The van der Waals surface area contributed by atoms with E-state index in [0.717, 1.165) is 16.7 Å². The number of nitrogens with one attached hydrogen (secondary N) is 1. The summed E-state index contributed by atoms with van der Waals surface area (Å²) in [6.45, 7) is 5.47. The van der Waals surface area contributed by atoms with E-state index in [1.807, 2.05) is 32.0 Å². The molecule has 0 saturated carbocycles. The number of para-hydroxylation sites is 1. The number of hydrogen-bond donors (Lipinski definition) is 1. The van der Waals surface area contributed by atoms with Gasteiger partial charge in [0.25, 0.3) is 5.91 Å². The normalized spacial score (nSPS) is 11.2. The molecule has 0 aliphatic rings. The molecule has 0 spiro atoms. The van der Waals surface area contributed by atoms with Crippen molar-refractivity contribution in [3.8, 4) is 5.75 Å². The number of hydrazone groups is 1. The third-order valence-electron chi connectivity index (χ3n) is 3.37. The van der Waals surface area contributed by atoms with Crippen molar-refractivity contribution in [2.75, 3.05) is 6.61 Å². The summed E-state index contributed by atoms with van der Waals surface area (Å²) < 4.78 is 18.4. The first-order valence-corrected chi connectivity index (χ1v) is 7.25. The fourth-order valence-corrected chi connectivity index (χ4v) is 2.10. The Kier molecular flexibility index (Phi) is 5.46. The van der Waals surface area contributed by atoms with Gasteiger partial charge in [-0.05, 0) is 49.6 Å². The van der Waals surface area contributed by atoms with Crippen molar-refractivity contribution in [1.82, 2.24) is 5.43 Å². The Morgan fingerprint density at radius 3 is 2.35 bits per heavy atom. The van der Waals surface area contributed by atoms with Crippen molar-refractivity contribution in [2.45, 2.75) is 20.8 Å². The summed E-state index contributed by atoms with van der Waals surface area (Å²) in [4.78, 5) is 11.8. The zero-order chi connectivity index (χ0) is 16.8. The van der Waals surface area contributed by atoms with Gasteiger partial charge in [-0.25, -0.2) is 9.82 Å². The van der Waals surface area contributed by atoms with E-state index in [0.29, 0.717) is 11.5 Å². The number of halogens is 1. The minimum Gasteiger partial charge on any atom is -0.483 e. The number of benzene rings is 2. The molecule has 4 nitrogen and oxygen atoms in total. The van der Waals surface area contributed by atoms with Crippen LogP contribution in [0.3, 0.4) is 0 Å². The van der Waals surface area contributed by atoms with Gasteiger partial charge in [-0.1, -0.05) is 30.3 Å². The van der Waals surface area contributed by atoms with Crippen LogP contribution < -0.4 is 10.2 Å². The van der Waals surface area contributed by atoms with Crippen molar-refractivity contribution in [1.29, 1.82) is 0 Å². The summed E-state index contributed by atoms with van der Waals surface area (Å²) in [5, 5.41) is 4.00. The molecule has 0 aliphatic heterocycles. The molecule has 0 unspecified atom stereocenters. The molecule has 0 saturated heterocycles. The zero-order valence-electron chi connectivity index (χ0n) is 13.4. The second-order valence-electron chi connectivity index (χ2n) is 5.25. The van der Waals surface area contributed by atoms with Gasteiger partial charge in [0.2, 0.25) is 0 Å². The molecule has 2 aromatic carbocycles. The molecule has 1 N–H and O–H groups in total. The van der Waals surface area contributed by atoms with Crippen LogP contribution in [-0.4, -0.2) is 18.2 Å². The third kappa shape index (κ3) is 4.64. The SMILES string of the molecule is C/C(=N\NC(=O)COc1c(C)cccc1C)c1ccc(F)cc1. The Balaban J connectivity index is 1.92. The fourth-order valence-electron chi connectivity index (χ4n) is 2.10. The molecule has 2 rings (SSSR count). The van der Waals surface area contributed by atoms with Gasteiger partial charge in [-0.3, -0.25) is 4.79 Å². The Bertz CT molecular complexity index is 704. The second-order valence-corrected chi connectivity index (χ2v) is 5.25. The molecule has 0 fully saturated rings. The predicted molar refractivity (Wildman–Crippen MR) is 88.2 cm³/mol. The molecule has 120 valence electrons. The monoisotopic (exact) mass is 314 g/mol. The lowest BCUT2D eigenvalue weighted by Crippen LogP contribution is -2.26. The number of hydrogen-bond acceptors (Lipinski definition) is 3. The van der Waals surface area contributed by atoms with Gasteiger partial charge in [0.05, 0.1) is 5.71 Å². The first-order valence-electron chi connectivity index (χ1n) is 7.25. The molecular weight excluding hydrogens is 295 g/mol. The third-order valence-corrected chi connectivity index (χ3v) is 3.37. The van der Waals surface area contributed by atoms with Crippen molar-refractivity contribution >= 4 is 11.6 Å². The van der Waals surface area contributed by atoms with Crippen molar-refractivity contribution < 1.29 is 13.9 Å². The first-order chi connectivity index (χ1) is 11.0. The zero-order valence-corrected chi connectivity index (χ0v) is 13.4. The van der Waals surface area contributed by atoms with Crippen LogP contribution in [0.4, 0.5) is 4.39 Å². The molecule has 0 atom stereocenters. The average molecular weight is 314 g/mol. The highest BCUT2D eigenvalue weighted by atomic mass is 19.1. The molecule has 1 amide bonds. The molecule has 0 heterocycles. The number of rotatable bonds is 5. The quantitative estimate of drug-likeness (QED) is 0.679. The maximum Gasteiger partial charge on any atom is 0.277 e. The molecule has 0 aliphatic carbocycles. The topological polar surface area (TPSA) is 50.7 Å². The van der Waals surface area contributed by atoms with Crippen LogP contribution >= 0.6 is 0 Å². The maximum absolute atomic E-state index is 12.9. The Morgan fingerprint density at radius 1 is 1.13 bits per heavy atom. The van der Waals surface area contributed by atoms with Crippen LogP contribution in [0.2, 0.25) is 0 Å². The highest BCUT2D eigenvalue weighted by Gasteiger charge is 2.07. The number of amides is 1. The molecule has 0 aromatic heterocycles. The molecule has 23 heavy (non-hydrogen) atoms. The van der Waals surface area contributed by atoms with Crippen molar-refractivity contribution in [3.63, 3.8) is 0 Å². The highest BCUT2D eigenvalue weighted by Crippen LogP contribution is 2.21. The number of carbonyl (C=O) groups is 1. The van der Waals surface area contributed by atoms with Crippen LogP contribution in [0.15, 0.2) is 47.6 Å². The summed E-state index contributed by atoms with van der Waals surface area (Å²) in [6, 6.07) is 11.7. The van der Waals surface area contributed by atoms with E-state index in [-0.39, 0.29) is 18.3 Å². The summed E-state index contributed by atoms with van der Waals surface area (Å²) in [6.07, 6.45) is 0. The minimum atomic E-state index is -0.353. The van der Waals surface area contributed by atoms with Gasteiger partial charge in [0, 0.05) is 0 Å². The number of carbonyl (C=O) groups excluding carboxylic acids is 1. The predicted octanol–water partition coefficient (Wildman–Crippen LogP) is 3.36. The molecule has 0 radical (unpaired) electrons. The average Bonchev–Trinajstić information content (AvgIpc) is 2.53. The van der Waals surface area contributed by atoms with E-state index in [4.69, 9.17) is 4.74 Å². The van der Waals surface area contributed by atoms with Gasteiger partial charge in [-0.2, -0.15) is 5.10 Å². The lowest BCUT2D eigenvalue weighted by atomic mass is 10.1. The number of aryl methyl sites for hydroxylation is 2. The molecule has 0 bridgehead atoms. The highest BCUT2D eigenvalue weighted by molar-refractivity contribution is 5.99. The smallest absolute Gasteiger partial charge is 0.277 e. The van der Waals surface area contributed by atoms with Crippen molar-refractivity contribution in [2.24, 2.45) is 5.10 Å². The van der Waals surface area contributed by atoms with Crippen LogP contribution in [0.1, 0.15) is 23.6 Å². The molecule has 2 aromatic rings. The van der Waals surface area contributed by atoms with Crippen LogP contribution in [0.25, 0.3) is 0 Å². The summed E-state index contributed by atoms with van der Waals surface area (Å²) in [5.74, 6) is 0.0450. The van der Waals surface area contributed by atoms with E-state index < -0.39 is 0 Å². The van der Waals surface area contributed by atoms with E-state index >= 15 is 0 Å². The molecule has 5 heteroatoms. The Labute approximate surface area is 135 Å². The first kappa shape index (κ1) is 16.7. The minimum absolute atomic E-state index is 0.119. The van der Waals surface area contributed by atoms with Gasteiger partial charge >= 0.3 is 0 Å². The fraction of sp³-hybridized carbons (Fsp3) is 0.222. The van der Waals surface area contributed by atoms with Crippen molar-refractivity contribution in [3.05, 3.63) is 65.0 Å². The lowest BCUT2D eigenvalue weighted by Gasteiger charge is -2.11. The standard InChI is InChI=1S/C18H19FN2O2/c1-12-5-4-6-13(2)18(12)23-11-17(22)21-20-14(3)15-7-9-16(19)10-8-15/h4-10H,11H2,1-3H3,(H,21,22)/b20-14+. The van der Waals surface area contributed by atoms with Crippen LogP contribution in [0.5, 0.6) is 5.75 Å². The van der Waals surface area contributed by atoms with Crippen LogP contribution in [0, 0.1) is 19.7 Å². The summed E-state index contributed by atoms with van der Waals surface area (Å²) in [5.41, 5.74) is 5.71. The Hall–Kier alpha value is -2.69. The maximum atomic E-state index is 12.9. The number of ether oxygens (including phenoxy) is 1. The Morgan fingerprint density at radius 2 is 1.74 bits per heavy atom. The molecular formula is C18H19FN2O2.